The summed E-state index contributed by atoms with van der Waals surface area (Å²) in [5.41, 5.74) is 3.83. The number of urea groups is 1. The molecule has 1 saturated heterocycles. The number of amides is 3. The van der Waals surface area contributed by atoms with Crippen LogP contribution in [-0.4, -0.2) is 40.6 Å². The number of imide groups is 1. The molecule has 1 aliphatic rings. The number of nitrogens with one attached hydrogen (secondary N) is 1. The van der Waals surface area contributed by atoms with Gasteiger partial charge in [-0.25, -0.2) is 9.59 Å². The number of esters is 1. The maximum Gasteiger partial charge on any atom is 0.373 e. The fourth-order valence-electron chi connectivity index (χ4n) is 3.98. The number of hydrogen-bond donors (Lipinski definition) is 1. The highest BCUT2D eigenvalue weighted by molar-refractivity contribution is 6.13. The van der Waals surface area contributed by atoms with Crippen LogP contribution in [0.5, 0.6) is 5.75 Å². The Hall–Kier alpha value is -4.27. The maximum atomic E-state index is 12.9. The minimum Gasteiger partial charge on any atom is -0.491 e. The van der Waals surface area contributed by atoms with Crippen molar-refractivity contribution in [1.29, 1.82) is 0 Å². The summed E-state index contributed by atoms with van der Waals surface area (Å²) in [4.78, 5) is 38.0. The molecular formula is C26H27N3O6. The zero-order valence-electron chi connectivity index (χ0n) is 20.2. The fourth-order valence-corrected chi connectivity index (χ4v) is 3.98. The molecule has 182 valence electrons. The van der Waals surface area contributed by atoms with Gasteiger partial charge < -0.3 is 23.8 Å². The SMILES string of the molecule is COC(=O)c1ccc(CN2C(=O)NC(=Cc3cc(C)n(-c4ccc(OC(C)C)cc4)c3C)C2=O)o1. The van der Waals surface area contributed by atoms with E-state index in [1.165, 1.54) is 19.2 Å². The van der Waals surface area contributed by atoms with Crippen molar-refractivity contribution in [2.75, 3.05) is 7.11 Å². The van der Waals surface area contributed by atoms with Crippen LogP contribution in [0, 0.1) is 13.8 Å². The molecule has 2 aromatic heterocycles. The second-order valence-electron chi connectivity index (χ2n) is 8.46. The first-order valence-electron chi connectivity index (χ1n) is 11.2. The van der Waals surface area contributed by atoms with Crippen LogP contribution in [-0.2, 0) is 16.1 Å². The van der Waals surface area contributed by atoms with Gasteiger partial charge in [-0.1, -0.05) is 0 Å². The number of furan rings is 1. The summed E-state index contributed by atoms with van der Waals surface area (Å²) in [5.74, 6) is -0.0274. The topological polar surface area (TPSA) is 103 Å². The fraction of sp³-hybridized carbons (Fsp3) is 0.269. The van der Waals surface area contributed by atoms with Gasteiger partial charge in [-0.05, 0) is 81.8 Å². The van der Waals surface area contributed by atoms with E-state index in [-0.39, 0.29) is 24.1 Å². The predicted octanol–water partition coefficient (Wildman–Crippen LogP) is 4.35. The molecule has 0 atom stereocenters. The lowest BCUT2D eigenvalue weighted by Crippen LogP contribution is -2.30. The smallest absolute Gasteiger partial charge is 0.373 e. The lowest BCUT2D eigenvalue weighted by atomic mass is 10.2. The normalized spacial score (nSPS) is 14.7. The van der Waals surface area contributed by atoms with Gasteiger partial charge in [0.15, 0.2) is 0 Å². The maximum absolute atomic E-state index is 12.9. The van der Waals surface area contributed by atoms with E-state index in [9.17, 15) is 14.4 Å². The molecule has 0 bridgehead atoms. The van der Waals surface area contributed by atoms with Gasteiger partial charge in [0, 0.05) is 17.1 Å². The van der Waals surface area contributed by atoms with E-state index in [0.717, 1.165) is 33.3 Å². The molecule has 0 unspecified atom stereocenters. The Morgan fingerprint density at radius 1 is 1.11 bits per heavy atom. The van der Waals surface area contributed by atoms with Crippen molar-refractivity contribution >= 4 is 24.0 Å². The van der Waals surface area contributed by atoms with E-state index in [1.54, 1.807) is 6.08 Å². The Bertz CT molecular complexity index is 1310. The molecule has 0 spiro atoms. The third-order valence-corrected chi connectivity index (χ3v) is 5.56. The third-order valence-electron chi connectivity index (χ3n) is 5.56. The van der Waals surface area contributed by atoms with E-state index in [2.05, 4.69) is 14.6 Å². The quantitative estimate of drug-likeness (QED) is 0.308. The summed E-state index contributed by atoms with van der Waals surface area (Å²) < 4.78 is 17.8. The highest BCUT2D eigenvalue weighted by Crippen LogP contribution is 2.26. The number of hydrogen-bond acceptors (Lipinski definition) is 6. The van der Waals surface area contributed by atoms with Gasteiger partial charge in [0.2, 0.25) is 5.76 Å². The highest BCUT2D eigenvalue weighted by Gasteiger charge is 2.34. The molecule has 1 aliphatic heterocycles. The van der Waals surface area contributed by atoms with Crippen LogP contribution < -0.4 is 10.1 Å². The molecule has 4 rings (SSSR count). The molecule has 3 amide bonds. The summed E-state index contributed by atoms with van der Waals surface area (Å²) in [6.45, 7) is 7.78. The van der Waals surface area contributed by atoms with E-state index in [4.69, 9.17) is 9.15 Å². The third kappa shape index (κ3) is 4.84. The van der Waals surface area contributed by atoms with Gasteiger partial charge in [0.05, 0.1) is 19.8 Å². The first-order valence-corrected chi connectivity index (χ1v) is 11.2. The highest BCUT2D eigenvalue weighted by atomic mass is 16.5. The van der Waals surface area contributed by atoms with Crippen LogP contribution in [0.2, 0.25) is 0 Å². The van der Waals surface area contributed by atoms with Crippen LogP contribution in [0.15, 0.2) is 52.6 Å². The number of benzene rings is 1. The molecule has 0 saturated carbocycles. The average Bonchev–Trinajstić information content (AvgIpc) is 3.47. The predicted molar refractivity (Wildman–Crippen MR) is 128 cm³/mol. The van der Waals surface area contributed by atoms with Crippen LogP contribution in [0.3, 0.4) is 0 Å². The van der Waals surface area contributed by atoms with Crippen molar-refractivity contribution < 1.29 is 28.3 Å². The summed E-state index contributed by atoms with van der Waals surface area (Å²) in [7, 11) is 1.24. The Labute approximate surface area is 202 Å². The average molecular weight is 478 g/mol. The molecular weight excluding hydrogens is 450 g/mol. The standard InChI is InChI=1S/C26H27N3O6/c1-15(2)34-20-8-6-19(7-9-20)29-16(3)12-18(17(29)4)13-22-24(30)28(26(32)27-22)14-21-10-11-23(35-21)25(31)33-5/h6-13,15H,14H2,1-5H3,(H,27,32). The van der Waals surface area contributed by atoms with Crippen molar-refractivity contribution in [3.63, 3.8) is 0 Å². The molecule has 1 N–H and O–H groups in total. The Kier molecular flexibility index (Phi) is 6.50. The molecule has 35 heavy (non-hydrogen) atoms. The summed E-state index contributed by atoms with van der Waals surface area (Å²) in [6.07, 6.45) is 1.76. The summed E-state index contributed by atoms with van der Waals surface area (Å²) >= 11 is 0. The number of aromatic nitrogens is 1. The van der Waals surface area contributed by atoms with E-state index in [1.807, 2.05) is 58.0 Å². The van der Waals surface area contributed by atoms with Gasteiger partial charge in [-0.15, -0.1) is 0 Å². The molecule has 1 fully saturated rings. The van der Waals surface area contributed by atoms with Crippen LogP contribution in [0.25, 0.3) is 11.8 Å². The lowest BCUT2D eigenvalue weighted by Gasteiger charge is -2.13. The minimum atomic E-state index is -0.633. The van der Waals surface area contributed by atoms with E-state index >= 15 is 0 Å². The Morgan fingerprint density at radius 3 is 2.49 bits per heavy atom. The first kappa shape index (κ1) is 23.9. The van der Waals surface area contributed by atoms with Gasteiger partial charge in [-0.2, -0.15) is 0 Å². The Balaban J connectivity index is 1.55. The zero-order valence-corrected chi connectivity index (χ0v) is 20.2. The van der Waals surface area contributed by atoms with Gasteiger partial charge >= 0.3 is 12.0 Å². The molecule has 0 radical (unpaired) electrons. The number of ether oxygens (including phenoxy) is 2. The number of nitrogens with zero attached hydrogens (tertiary/aromatic N) is 2. The largest absolute Gasteiger partial charge is 0.491 e. The molecule has 9 heteroatoms. The number of carbonyl (C=O) groups excluding carboxylic acids is 3. The summed E-state index contributed by atoms with van der Waals surface area (Å²) in [5, 5.41) is 2.62. The van der Waals surface area contributed by atoms with Gasteiger partial charge in [-0.3, -0.25) is 9.69 Å². The molecule has 1 aromatic carbocycles. The second-order valence-corrected chi connectivity index (χ2v) is 8.46. The number of methoxy groups -OCH3 is 1. The van der Waals surface area contributed by atoms with Crippen LogP contribution in [0.1, 0.15) is 47.1 Å². The monoisotopic (exact) mass is 477 g/mol. The van der Waals surface area contributed by atoms with Crippen LogP contribution >= 0.6 is 0 Å². The number of rotatable bonds is 7. The van der Waals surface area contributed by atoms with Crippen molar-refractivity contribution in [1.82, 2.24) is 14.8 Å². The number of carbonyl (C=O) groups is 3. The van der Waals surface area contributed by atoms with E-state index in [0.29, 0.717) is 5.76 Å². The first-order chi connectivity index (χ1) is 16.7. The van der Waals surface area contributed by atoms with E-state index < -0.39 is 17.9 Å². The molecule has 3 aromatic rings. The van der Waals surface area contributed by atoms with Crippen molar-refractivity contribution in [2.24, 2.45) is 0 Å². The van der Waals surface area contributed by atoms with Crippen molar-refractivity contribution in [3.05, 3.63) is 76.6 Å². The lowest BCUT2D eigenvalue weighted by molar-refractivity contribution is -0.123. The number of aryl methyl sites for hydroxylation is 1. The summed E-state index contributed by atoms with van der Waals surface area (Å²) in [6, 6.07) is 12.2. The van der Waals surface area contributed by atoms with Crippen molar-refractivity contribution in [3.8, 4) is 11.4 Å². The minimum absolute atomic E-state index is 0.00144. The Morgan fingerprint density at radius 2 is 1.83 bits per heavy atom. The molecule has 0 aliphatic carbocycles. The zero-order chi connectivity index (χ0) is 25.3. The van der Waals surface area contributed by atoms with Gasteiger partial charge in [0.1, 0.15) is 17.2 Å². The van der Waals surface area contributed by atoms with Crippen molar-refractivity contribution in [2.45, 2.75) is 40.3 Å². The molecule has 3 heterocycles. The van der Waals surface area contributed by atoms with Gasteiger partial charge in [0.25, 0.3) is 5.91 Å². The van der Waals surface area contributed by atoms with Crippen LogP contribution in [0.4, 0.5) is 4.79 Å². The second kappa shape index (κ2) is 9.54. The molecule has 9 nitrogen and oxygen atoms in total.